The van der Waals surface area contributed by atoms with Crippen molar-refractivity contribution in [2.24, 2.45) is 17.1 Å². The lowest BCUT2D eigenvalue weighted by Crippen LogP contribution is -2.82. The summed E-state index contributed by atoms with van der Waals surface area (Å²) in [6.45, 7) is 5.57. The van der Waals surface area contributed by atoms with Gasteiger partial charge in [-0.15, -0.1) is 24.8 Å². The molecule has 1 saturated carbocycles. The summed E-state index contributed by atoms with van der Waals surface area (Å²) in [5, 5.41) is 0. The highest BCUT2D eigenvalue weighted by Crippen LogP contribution is 2.57. The van der Waals surface area contributed by atoms with Gasteiger partial charge in [0.05, 0.1) is 6.10 Å². The molecule has 0 bridgehead atoms. The first kappa shape index (κ1) is 22.2. The third-order valence-electron chi connectivity index (χ3n) is 5.87. The molecule has 1 aliphatic heterocycles. The molecule has 3 atom stereocenters. The average Bonchev–Trinajstić information content (AvgIpc) is 2.59. The van der Waals surface area contributed by atoms with Crippen molar-refractivity contribution >= 4 is 30.7 Å². The van der Waals surface area contributed by atoms with E-state index in [2.05, 4.69) is 18.8 Å². The van der Waals surface area contributed by atoms with Crippen LogP contribution in [-0.2, 0) is 16.0 Å². The largest absolute Gasteiger partial charge is 0.377 e. The van der Waals surface area contributed by atoms with Crippen LogP contribution in [0.15, 0.2) is 24.5 Å². The van der Waals surface area contributed by atoms with Crippen LogP contribution in [0.3, 0.4) is 0 Å². The van der Waals surface area contributed by atoms with E-state index < -0.39 is 5.54 Å². The van der Waals surface area contributed by atoms with E-state index in [4.69, 9.17) is 10.5 Å². The molecule has 1 aromatic heterocycles. The summed E-state index contributed by atoms with van der Waals surface area (Å²) in [5.74, 6) is 0.186. The van der Waals surface area contributed by atoms with Gasteiger partial charge in [0.15, 0.2) is 0 Å². The van der Waals surface area contributed by atoms with Gasteiger partial charge in [-0.05, 0) is 37.0 Å². The van der Waals surface area contributed by atoms with E-state index >= 15 is 0 Å². The fraction of sp³-hybridized carbons (Fsp3) is 0.667. The molecule has 25 heavy (non-hydrogen) atoms. The van der Waals surface area contributed by atoms with Crippen molar-refractivity contribution in [3.8, 4) is 0 Å². The fourth-order valence-electron chi connectivity index (χ4n) is 4.27. The standard InChI is InChI=1S/C18H27N3O2.2ClH/c1-17(2)15-14(5-4-12-23-15)18(17,19)16(22)21(3)11-8-13-6-9-20-10-7-13;;/h6-7,9-10,14-15H,4-5,8,11-12,19H2,1-3H3;2*1H. The Bertz CT molecular complexity index is 585. The number of nitrogens with two attached hydrogens (primary N) is 1. The Morgan fingerprint density at radius 2 is 2.00 bits per heavy atom. The predicted molar refractivity (Wildman–Crippen MR) is 103 cm³/mol. The molecule has 3 rings (SSSR count). The van der Waals surface area contributed by atoms with Crippen molar-refractivity contribution in [2.75, 3.05) is 20.2 Å². The van der Waals surface area contributed by atoms with E-state index in [0.29, 0.717) is 6.54 Å². The maximum atomic E-state index is 13.1. The van der Waals surface area contributed by atoms with Crippen molar-refractivity contribution in [1.82, 2.24) is 9.88 Å². The zero-order chi connectivity index (χ0) is 16.7. The normalized spacial score (nSPS) is 29.3. The van der Waals surface area contributed by atoms with Crippen LogP contribution >= 0.6 is 24.8 Å². The lowest BCUT2D eigenvalue weighted by Gasteiger charge is -2.65. The van der Waals surface area contributed by atoms with Crippen LogP contribution in [-0.4, -0.2) is 47.6 Å². The number of halogens is 2. The van der Waals surface area contributed by atoms with E-state index in [0.717, 1.165) is 25.9 Å². The maximum absolute atomic E-state index is 13.1. The number of pyridine rings is 1. The number of fused-ring (bicyclic) bond motifs is 1. The van der Waals surface area contributed by atoms with Gasteiger partial charge in [-0.25, -0.2) is 0 Å². The average molecular weight is 390 g/mol. The molecule has 142 valence electrons. The van der Waals surface area contributed by atoms with Crippen molar-refractivity contribution < 1.29 is 9.53 Å². The Labute approximate surface area is 162 Å². The minimum atomic E-state index is -0.814. The first-order chi connectivity index (χ1) is 10.9. The number of hydrogen-bond acceptors (Lipinski definition) is 4. The van der Waals surface area contributed by atoms with Crippen molar-refractivity contribution in [3.63, 3.8) is 0 Å². The Balaban J connectivity index is 0.00000156. The molecular formula is C18H29Cl2N3O2. The molecule has 1 aliphatic carbocycles. The van der Waals surface area contributed by atoms with E-state index in [1.807, 2.05) is 19.2 Å². The van der Waals surface area contributed by atoms with Gasteiger partial charge in [0.25, 0.3) is 0 Å². The molecule has 1 aromatic rings. The molecule has 7 heteroatoms. The molecule has 2 aliphatic rings. The van der Waals surface area contributed by atoms with Crippen molar-refractivity contribution in [2.45, 2.75) is 44.8 Å². The van der Waals surface area contributed by atoms with E-state index in [1.54, 1.807) is 17.3 Å². The van der Waals surface area contributed by atoms with Crippen LogP contribution in [0, 0.1) is 11.3 Å². The molecule has 0 spiro atoms. The number of ether oxygens (including phenoxy) is 1. The number of carbonyl (C=O) groups excluding carboxylic acids is 1. The van der Waals surface area contributed by atoms with Crippen LogP contribution < -0.4 is 5.73 Å². The number of aromatic nitrogens is 1. The smallest absolute Gasteiger partial charge is 0.243 e. The SMILES string of the molecule is CN(CCc1ccncc1)C(=O)C1(N)C2CCCOC2C1(C)C.Cl.Cl. The number of amides is 1. The summed E-state index contributed by atoms with van der Waals surface area (Å²) in [7, 11) is 1.85. The van der Waals surface area contributed by atoms with Crippen LogP contribution in [0.5, 0.6) is 0 Å². The second-order valence-electron chi connectivity index (χ2n) is 7.46. The monoisotopic (exact) mass is 389 g/mol. The molecule has 2 fully saturated rings. The molecule has 1 saturated heterocycles. The molecule has 0 radical (unpaired) electrons. The lowest BCUT2D eigenvalue weighted by atomic mass is 9.46. The third-order valence-corrected chi connectivity index (χ3v) is 5.87. The van der Waals surface area contributed by atoms with Gasteiger partial charge in [0.1, 0.15) is 5.54 Å². The fourth-order valence-corrected chi connectivity index (χ4v) is 4.27. The second-order valence-corrected chi connectivity index (χ2v) is 7.46. The molecular weight excluding hydrogens is 361 g/mol. The first-order valence-corrected chi connectivity index (χ1v) is 8.44. The molecule has 3 unspecified atom stereocenters. The molecule has 1 amide bonds. The highest BCUT2D eigenvalue weighted by atomic mass is 35.5. The van der Waals surface area contributed by atoms with Crippen LogP contribution in [0.4, 0.5) is 0 Å². The quantitative estimate of drug-likeness (QED) is 0.858. The third kappa shape index (κ3) is 3.52. The van der Waals surface area contributed by atoms with E-state index in [9.17, 15) is 4.79 Å². The summed E-state index contributed by atoms with van der Waals surface area (Å²) >= 11 is 0. The van der Waals surface area contributed by atoms with E-state index in [1.165, 1.54) is 5.56 Å². The second kappa shape index (κ2) is 8.21. The topological polar surface area (TPSA) is 68.5 Å². The van der Waals surface area contributed by atoms with Crippen LogP contribution in [0.25, 0.3) is 0 Å². The van der Waals surface area contributed by atoms with Crippen LogP contribution in [0.1, 0.15) is 32.3 Å². The Morgan fingerprint density at radius 3 is 2.64 bits per heavy atom. The first-order valence-electron chi connectivity index (χ1n) is 8.44. The van der Waals surface area contributed by atoms with Gasteiger partial charge in [0.2, 0.25) is 5.91 Å². The summed E-state index contributed by atoms with van der Waals surface area (Å²) in [6, 6.07) is 3.96. The summed E-state index contributed by atoms with van der Waals surface area (Å²) in [6.07, 6.45) is 6.45. The number of nitrogens with zero attached hydrogens (tertiary/aromatic N) is 2. The number of hydrogen-bond donors (Lipinski definition) is 1. The van der Waals surface area contributed by atoms with Crippen molar-refractivity contribution in [3.05, 3.63) is 30.1 Å². The van der Waals surface area contributed by atoms with E-state index in [-0.39, 0.29) is 48.2 Å². The minimum Gasteiger partial charge on any atom is -0.377 e. The number of likely N-dealkylation sites (N-methyl/N-ethyl adjacent to an activating group) is 1. The Morgan fingerprint density at radius 1 is 1.36 bits per heavy atom. The zero-order valence-electron chi connectivity index (χ0n) is 15.1. The Kier molecular flexibility index (Phi) is 7.28. The maximum Gasteiger partial charge on any atom is 0.243 e. The lowest BCUT2D eigenvalue weighted by molar-refractivity contribution is -0.229. The van der Waals surface area contributed by atoms with Gasteiger partial charge in [-0.1, -0.05) is 13.8 Å². The highest BCUT2D eigenvalue weighted by Gasteiger charge is 2.70. The molecule has 2 heterocycles. The molecule has 2 N–H and O–H groups in total. The summed E-state index contributed by atoms with van der Waals surface area (Å²) in [5.41, 5.74) is 6.71. The summed E-state index contributed by atoms with van der Waals surface area (Å²) < 4.78 is 5.89. The van der Waals surface area contributed by atoms with Gasteiger partial charge in [0, 0.05) is 43.9 Å². The van der Waals surface area contributed by atoms with Gasteiger partial charge in [-0.3, -0.25) is 9.78 Å². The highest BCUT2D eigenvalue weighted by molar-refractivity contribution is 5.89. The zero-order valence-corrected chi connectivity index (χ0v) is 16.7. The number of carbonyl (C=O) groups is 1. The predicted octanol–water partition coefficient (Wildman–Crippen LogP) is 2.46. The Hall–Kier alpha value is -0.880. The number of rotatable bonds is 4. The van der Waals surface area contributed by atoms with Crippen molar-refractivity contribution in [1.29, 1.82) is 0 Å². The molecule has 0 aromatic carbocycles. The molecule has 5 nitrogen and oxygen atoms in total. The van der Waals surface area contributed by atoms with Crippen LogP contribution in [0.2, 0.25) is 0 Å². The van der Waals surface area contributed by atoms with Gasteiger partial charge < -0.3 is 15.4 Å². The summed E-state index contributed by atoms with van der Waals surface area (Å²) in [4.78, 5) is 18.9. The minimum absolute atomic E-state index is 0. The van der Waals surface area contributed by atoms with Gasteiger partial charge >= 0.3 is 0 Å². The van der Waals surface area contributed by atoms with Gasteiger partial charge in [-0.2, -0.15) is 0 Å².